The summed E-state index contributed by atoms with van der Waals surface area (Å²) in [5.41, 5.74) is 3.63. The lowest BCUT2D eigenvalue weighted by molar-refractivity contribution is 0.741. The molecule has 37 heavy (non-hydrogen) atoms. The number of anilines is 1. The molecule has 1 atom stereocenters. The van der Waals surface area contributed by atoms with Crippen molar-refractivity contribution in [2.24, 2.45) is 11.8 Å². The van der Waals surface area contributed by atoms with Gasteiger partial charge in [0.25, 0.3) is 0 Å². The van der Waals surface area contributed by atoms with Crippen molar-refractivity contribution in [3.05, 3.63) is 59.5 Å². The Bertz CT molecular complexity index is 901. The van der Waals surface area contributed by atoms with Gasteiger partial charge in [-0.25, -0.2) is 9.97 Å². The first-order valence-electron chi connectivity index (χ1n) is 14.3. The molecule has 0 bridgehead atoms. The van der Waals surface area contributed by atoms with Crippen molar-refractivity contribution in [1.29, 1.82) is 0 Å². The van der Waals surface area contributed by atoms with Crippen molar-refractivity contribution in [1.82, 2.24) is 15.3 Å². The average molecular weight is 625 g/mol. The number of rotatable bonds is 8. The normalized spacial score (nSPS) is 13.4. The Balaban J connectivity index is -0.00000117. The van der Waals surface area contributed by atoms with Gasteiger partial charge in [0.15, 0.2) is 5.82 Å². The molecule has 0 fully saturated rings. The standard InChI is InChI=1S/C24H32N4.4C2H6.HI/c1-17(2)20-10-7-19(8-11-20)9-13-23-27-22-12-6-18(3)16-21(22)24(28-23)26-15-5-14-25-4;4*1-2;/h6-7,9-13,16-17,19,25H,5,8,14-15H2,1-4H3,(H,26,27,28);4*1-2H3;1H/b13-9+;;;;;. The van der Waals surface area contributed by atoms with E-state index >= 15 is 0 Å². The van der Waals surface area contributed by atoms with E-state index in [-0.39, 0.29) is 24.0 Å². The monoisotopic (exact) mass is 624 g/mol. The van der Waals surface area contributed by atoms with Gasteiger partial charge in [-0.3, -0.25) is 0 Å². The van der Waals surface area contributed by atoms with E-state index in [0.29, 0.717) is 11.8 Å². The minimum atomic E-state index is 0. The molecule has 1 aromatic carbocycles. The van der Waals surface area contributed by atoms with Gasteiger partial charge < -0.3 is 10.6 Å². The molecule has 1 unspecified atom stereocenters. The summed E-state index contributed by atoms with van der Waals surface area (Å²) in [5, 5.41) is 7.77. The van der Waals surface area contributed by atoms with Gasteiger partial charge in [-0.15, -0.1) is 24.0 Å². The minimum Gasteiger partial charge on any atom is -0.369 e. The summed E-state index contributed by atoms with van der Waals surface area (Å²) in [5.74, 6) is 2.68. The fourth-order valence-corrected chi connectivity index (χ4v) is 3.38. The van der Waals surface area contributed by atoms with Crippen molar-refractivity contribution in [3.8, 4) is 0 Å². The zero-order valence-corrected chi connectivity index (χ0v) is 28.2. The van der Waals surface area contributed by atoms with E-state index in [9.17, 15) is 0 Å². The predicted molar refractivity (Wildman–Crippen MR) is 181 cm³/mol. The van der Waals surface area contributed by atoms with Crippen LogP contribution in [0.4, 0.5) is 5.82 Å². The van der Waals surface area contributed by atoms with Gasteiger partial charge in [0.1, 0.15) is 5.82 Å². The third-order valence-electron chi connectivity index (χ3n) is 5.09. The number of halogens is 1. The number of aromatic nitrogens is 2. The lowest BCUT2D eigenvalue weighted by Crippen LogP contribution is -2.14. The van der Waals surface area contributed by atoms with Crippen molar-refractivity contribution < 1.29 is 0 Å². The lowest BCUT2D eigenvalue weighted by Gasteiger charge is -2.15. The molecule has 4 nitrogen and oxygen atoms in total. The number of hydrogen-bond acceptors (Lipinski definition) is 4. The Labute approximate surface area is 247 Å². The maximum absolute atomic E-state index is 4.80. The highest BCUT2D eigenvalue weighted by Gasteiger charge is 2.10. The molecule has 1 heterocycles. The Morgan fingerprint density at radius 3 is 2.16 bits per heavy atom. The fraction of sp³-hybridized carbons (Fsp3) is 0.562. The van der Waals surface area contributed by atoms with E-state index in [1.165, 1.54) is 11.1 Å². The highest BCUT2D eigenvalue weighted by molar-refractivity contribution is 14.0. The van der Waals surface area contributed by atoms with E-state index in [1.807, 2.05) is 62.4 Å². The quantitative estimate of drug-likeness (QED) is 0.227. The molecule has 212 valence electrons. The van der Waals surface area contributed by atoms with Gasteiger partial charge >= 0.3 is 0 Å². The second-order valence-electron chi connectivity index (χ2n) is 7.81. The molecule has 5 heteroatoms. The van der Waals surface area contributed by atoms with Crippen LogP contribution in [0, 0.1) is 18.8 Å². The molecule has 0 aliphatic heterocycles. The molecule has 0 spiro atoms. The molecule has 0 amide bonds. The maximum atomic E-state index is 4.80. The summed E-state index contributed by atoms with van der Waals surface area (Å²) in [6.07, 6.45) is 13.2. The largest absolute Gasteiger partial charge is 0.369 e. The van der Waals surface area contributed by atoms with Crippen LogP contribution in [-0.4, -0.2) is 30.1 Å². The second-order valence-corrected chi connectivity index (χ2v) is 7.81. The summed E-state index contributed by atoms with van der Waals surface area (Å²) in [6.45, 7) is 24.5. The summed E-state index contributed by atoms with van der Waals surface area (Å²) >= 11 is 0. The second kappa shape index (κ2) is 25.9. The first-order chi connectivity index (χ1) is 17.6. The highest BCUT2D eigenvalue weighted by Crippen LogP contribution is 2.25. The van der Waals surface area contributed by atoms with Gasteiger partial charge in [0.2, 0.25) is 0 Å². The van der Waals surface area contributed by atoms with Crippen molar-refractivity contribution in [2.75, 3.05) is 25.5 Å². The van der Waals surface area contributed by atoms with Crippen LogP contribution in [0.15, 0.2) is 48.1 Å². The Kier molecular flexibility index (Phi) is 27.8. The van der Waals surface area contributed by atoms with Gasteiger partial charge in [-0.1, -0.05) is 105 Å². The zero-order chi connectivity index (χ0) is 27.9. The smallest absolute Gasteiger partial charge is 0.154 e. The number of allylic oxidation sites excluding steroid dienone is 5. The summed E-state index contributed by atoms with van der Waals surface area (Å²) in [7, 11) is 1.98. The van der Waals surface area contributed by atoms with Crippen molar-refractivity contribution in [3.63, 3.8) is 0 Å². The van der Waals surface area contributed by atoms with E-state index in [4.69, 9.17) is 9.97 Å². The lowest BCUT2D eigenvalue weighted by atomic mass is 9.91. The van der Waals surface area contributed by atoms with Gasteiger partial charge in [0.05, 0.1) is 5.52 Å². The summed E-state index contributed by atoms with van der Waals surface area (Å²) in [6, 6.07) is 6.35. The van der Waals surface area contributed by atoms with Crippen LogP contribution in [0.2, 0.25) is 0 Å². The molecule has 0 saturated heterocycles. The molecule has 0 radical (unpaired) electrons. The molecular formula is C32H57IN4. The first kappa shape index (κ1) is 39.8. The Hall–Kier alpha value is -1.73. The fourth-order valence-electron chi connectivity index (χ4n) is 3.38. The van der Waals surface area contributed by atoms with Crippen LogP contribution in [0.25, 0.3) is 17.0 Å². The Morgan fingerprint density at radius 2 is 1.62 bits per heavy atom. The van der Waals surface area contributed by atoms with Gasteiger partial charge in [-0.05, 0) is 69.0 Å². The number of aryl methyl sites for hydroxylation is 1. The molecule has 2 aromatic rings. The van der Waals surface area contributed by atoms with E-state index in [1.54, 1.807) is 0 Å². The van der Waals surface area contributed by atoms with Crippen LogP contribution in [0.1, 0.15) is 93.5 Å². The molecule has 1 aliphatic rings. The SMILES string of the molecule is CC.CC.CC.CC.CNCCCNc1nc(/C=C/C2C=CC(C(C)C)=CC2)nc2ccc(C)cc12.I. The number of nitrogens with one attached hydrogen (secondary N) is 2. The first-order valence-corrected chi connectivity index (χ1v) is 14.3. The third kappa shape index (κ3) is 15.3. The summed E-state index contributed by atoms with van der Waals surface area (Å²) in [4.78, 5) is 9.56. The summed E-state index contributed by atoms with van der Waals surface area (Å²) < 4.78 is 0. The van der Waals surface area contributed by atoms with Crippen LogP contribution in [0.5, 0.6) is 0 Å². The van der Waals surface area contributed by atoms with E-state index in [0.717, 1.165) is 48.5 Å². The average Bonchev–Trinajstić information content (AvgIpc) is 2.94. The maximum Gasteiger partial charge on any atom is 0.154 e. The van der Waals surface area contributed by atoms with E-state index < -0.39 is 0 Å². The molecule has 1 aliphatic carbocycles. The molecule has 2 N–H and O–H groups in total. The van der Waals surface area contributed by atoms with Crippen LogP contribution in [-0.2, 0) is 0 Å². The number of benzene rings is 1. The number of hydrogen-bond donors (Lipinski definition) is 2. The van der Waals surface area contributed by atoms with Crippen molar-refractivity contribution >= 4 is 46.8 Å². The number of fused-ring (bicyclic) bond motifs is 1. The van der Waals surface area contributed by atoms with Gasteiger partial charge in [-0.2, -0.15) is 0 Å². The van der Waals surface area contributed by atoms with E-state index in [2.05, 4.69) is 80.0 Å². The highest BCUT2D eigenvalue weighted by atomic mass is 127. The minimum absolute atomic E-state index is 0. The molecule has 0 saturated carbocycles. The molecule has 3 rings (SSSR count). The number of nitrogens with zero attached hydrogens (tertiary/aromatic N) is 2. The van der Waals surface area contributed by atoms with Crippen LogP contribution in [0.3, 0.4) is 0 Å². The molecular weight excluding hydrogens is 567 g/mol. The van der Waals surface area contributed by atoms with Gasteiger partial charge in [0, 0.05) is 11.9 Å². The van der Waals surface area contributed by atoms with Crippen LogP contribution < -0.4 is 10.6 Å². The topological polar surface area (TPSA) is 49.8 Å². The van der Waals surface area contributed by atoms with Crippen LogP contribution >= 0.6 is 24.0 Å². The zero-order valence-electron chi connectivity index (χ0n) is 25.9. The molecule has 1 aromatic heterocycles. The third-order valence-corrected chi connectivity index (χ3v) is 5.09. The predicted octanol–water partition coefficient (Wildman–Crippen LogP) is 9.85. The van der Waals surface area contributed by atoms with Crippen molar-refractivity contribution in [2.45, 2.75) is 89.0 Å². The Morgan fingerprint density at radius 1 is 0.973 bits per heavy atom.